The van der Waals surface area contributed by atoms with Gasteiger partial charge in [0.15, 0.2) is 11.6 Å². The molecule has 2 aromatic heterocycles. The van der Waals surface area contributed by atoms with E-state index in [1.165, 1.54) is 6.07 Å². The molecule has 214 valence electrons. The second-order valence-corrected chi connectivity index (χ2v) is 12.0. The Bertz CT molecular complexity index is 1650. The monoisotopic (exact) mass is 560 g/mol. The van der Waals surface area contributed by atoms with Crippen molar-refractivity contribution in [2.45, 2.75) is 77.5 Å². The fraction of sp³-hybridized carbons (Fsp3) is 0.469. The van der Waals surface area contributed by atoms with Crippen LogP contribution in [0.1, 0.15) is 73.5 Å². The van der Waals surface area contributed by atoms with Crippen LogP contribution in [0.2, 0.25) is 0 Å². The number of imidazole rings is 1. The summed E-state index contributed by atoms with van der Waals surface area (Å²) in [5.74, 6) is -0.144. The molecule has 2 aliphatic carbocycles. The highest BCUT2D eigenvalue weighted by Gasteiger charge is 2.54. The van der Waals surface area contributed by atoms with Crippen LogP contribution in [-0.4, -0.2) is 33.8 Å². The standard InChI is InChI=1S/C32H34F2N4O3/c1-16-23(29-17(2)36-41-18(29)3)10-12-27-30(16)35-31(37(27)20-5-8-22(40-4)9-6-20)28-14-19-13-24(19)32(39)38(28)21-7-11-25(33)26(34)15-21/h7,10-12,15,19-20,22,24,28H,5-6,8-9,13-14H2,1-4H3/t19-,20?,22?,24-,28+/m1/s1. The first-order valence-electron chi connectivity index (χ1n) is 14.5. The fourth-order valence-corrected chi connectivity index (χ4v) is 7.31. The van der Waals surface area contributed by atoms with Crippen molar-refractivity contribution < 1.29 is 22.8 Å². The molecule has 1 aliphatic heterocycles. The fourth-order valence-electron chi connectivity index (χ4n) is 7.31. The summed E-state index contributed by atoms with van der Waals surface area (Å²) in [5.41, 5.74) is 6.11. The highest BCUT2D eigenvalue weighted by Crippen LogP contribution is 2.54. The van der Waals surface area contributed by atoms with Gasteiger partial charge in [-0.1, -0.05) is 11.2 Å². The van der Waals surface area contributed by atoms with Crippen LogP contribution in [-0.2, 0) is 9.53 Å². The molecule has 7 nitrogen and oxygen atoms in total. The van der Waals surface area contributed by atoms with Gasteiger partial charge in [-0.2, -0.15) is 0 Å². The number of carbonyl (C=O) groups excluding carboxylic acids is 1. The number of methoxy groups -OCH3 is 1. The van der Waals surface area contributed by atoms with Gasteiger partial charge >= 0.3 is 0 Å². The number of aryl methyl sites for hydroxylation is 3. The minimum Gasteiger partial charge on any atom is -0.381 e. The first kappa shape index (κ1) is 26.3. The van der Waals surface area contributed by atoms with Crippen molar-refractivity contribution in [1.29, 1.82) is 0 Å². The van der Waals surface area contributed by atoms with E-state index in [-0.39, 0.29) is 35.9 Å². The molecule has 3 heterocycles. The molecular formula is C32H34F2N4O3. The summed E-state index contributed by atoms with van der Waals surface area (Å²) in [4.78, 5) is 20.7. The molecular weight excluding hydrogens is 526 g/mol. The number of aromatic nitrogens is 3. The SMILES string of the molecule is COC1CCC(n2c([C@@H]3C[C@H]4C[C@H]4C(=O)N3c3ccc(F)c(F)c3)nc3c(C)c(-c4c(C)noc4C)ccc32)CC1. The first-order valence-corrected chi connectivity index (χ1v) is 14.5. The van der Waals surface area contributed by atoms with Gasteiger partial charge in [0.1, 0.15) is 11.6 Å². The van der Waals surface area contributed by atoms with Gasteiger partial charge in [-0.05, 0) is 94.5 Å². The predicted octanol–water partition coefficient (Wildman–Crippen LogP) is 7.14. The number of amides is 1. The van der Waals surface area contributed by atoms with Crippen molar-refractivity contribution in [1.82, 2.24) is 14.7 Å². The van der Waals surface area contributed by atoms with Crippen LogP contribution in [0.5, 0.6) is 0 Å². The number of rotatable bonds is 5. The lowest BCUT2D eigenvalue weighted by Crippen LogP contribution is -2.41. The number of halogens is 2. The van der Waals surface area contributed by atoms with Gasteiger partial charge in [-0.3, -0.25) is 4.79 Å². The van der Waals surface area contributed by atoms with E-state index >= 15 is 0 Å². The highest BCUT2D eigenvalue weighted by molar-refractivity contribution is 5.99. The van der Waals surface area contributed by atoms with Crippen LogP contribution in [0.3, 0.4) is 0 Å². The van der Waals surface area contributed by atoms with Crippen LogP contribution in [0.15, 0.2) is 34.9 Å². The summed E-state index contributed by atoms with van der Waals surface area (Å²) in [6.45, 7) is 5.92. The molecule has 0 unspecified atom stereocenters. The molecule has 4 aromatic rings. The molecule has 0 radical (unpaired) electrons. The molecule has 9 heteroatoms. The maximum atomic E-state index is 14.4. The lowest BCUT2D eigenvalue weighted by Gasteiger charge is -2.37. The van der Waals surface area contributed by atoms with Crippen molar-refractivity contribution in [2.24, 2.45) is 11.8 Å². The van der Waals surface area contributed by atoms with Crippen LogP contribution in [0, 0.1) is 44.2 Å². The minimum atomic E-state index is -0.960. The lowest BCUT2D eigenvalue weighted by molar-refractivity contribution is -0.121. The highest BCUT2D eigenvalue weighted by atomic mass is 19.2. The third kappa shape index (κ3) is 4.19. The van der Waals surface area contributed by atoms with E-state index in [4.69, 9.17) is 14.2 Å². The van der Waals surface area contributed by atoms with Gasteiger partial charge in [-0.25, -0.2) is 13.8 Å². The average molecular weight is 561 g/mol. The summed E-state index contributed by atoms with van der Waals surface area (Å²) in [5, 5.41) is 4.16. The van der Waals surface area contributed by atoms with Crippen molar-refractivity contribution in [3.63, 3.8) is 0 Å². The summed E-state index contributed by atoms with van der Waals surface area (Å²) < 4.78 is 41.8. The molecule has 41 heavy (non-hydrogen) atoms. The lowest BCUT2D eigenvalue weighted by atomic mass is 9.91. The van der Waals surface area contributed by atoms with E-state index in [9.17, 15) is 13.6 Å². The van der Waals surface area contributed by atoms with Crippen molar-refractivity contribution in [3.05, 3.63) is 64.8 Å². The van der Waals surface area contributed by atoms with E-state index in [0.29, 0.717) is 5.69 Å². The van der Waals surface area contributed by atoms with Gasteiger partial charge < -0.3 is 18.7 Å². The zero-order chi connectivity index (χ0) is 28.6. The molecule has 2 aromatic carbocycles. The van der Waals surface area contributed by atoms with E-state index in [0.717, 1.165) is 95.7 Å². The van der Waals surface area contributed by atoms with E-state index < -0.39 is 11.6 Å². The number of carbonyl (C=O) groups is 1. The quantitative estimate of drug-likeness (QED) is 0.259. The van der Waals surface area contributed by atoms with E-state index in [1.807, 2.05) is 13.8 Å². The Morgan fingerprint density at radius 3 is 2.46 bits per heavy atom. The van der Waals surface area contributed by atoms with Crippen LogP contribution < -0.4 is 4.90 Å². The van der Waals surface area contributed by atoms with Crippen molar-refractivity contribution >= 4 is 22.6 Å². The largest absolute Gasteiger partial charge is 0.381 e. The molecule has 0 bridgehead atoms. The number of nitrogens with zero attached hydrogens (tertiary/aromatic N) is 4. The predicted molar refractivity (Wildman–Crippen MR) is 151 cm³/mol. The Labute approximate surface area is 237 Å². The number of hydrogen-bond donors (Lipinski definition) is 0. The Kier molecular flexibility index (Phi) is 6.26. The molecule has 3 aliphatic rings. The topological polar surface area (TPSA) is 73.4 Å². The number of fused-ring (bicyclic) bond motifs is 2. The third-order valence-corrected chi connectivity index (χ3v) is 9.58. The molecule has 3 atom stereocenters. The Morgan fingerprint density at radius 2 is 1.78 bits per heavy atom. The van der Waals surface area contributed by atoms with E-state index in [2.05, 4.69) is 28.8 Å². The third-order valence-electron chi connectivity index (χ3n) is 9.58. The summed E-state index contributed by atoms with van der Waals surface area (Å²) in [6.07, 6.45) is 5.54. The molecule has 0 N–H and O–H groups in total. The Balaban J connectivity index is 1.42. The number of anilines is 1. The van der Waals surface area contributed by atoms with Gasteiger partial charge in [0, 0.05) is 36.4 Å². The zero-order valence-electron chi connectivity index (χ0n) is 23.8. The second-order valence-electron chi connectivity index (χ2n) is 12.0. The van der Waals surface area contributed by atoms with E-state index in [1.54, 1.807) is 12.0 Å². The summed E-state index contributed by atoms with van der Waals surface area (Å²) in [7, 11) is 1.77. The van der Waals surface area contributed by atoms with Gasteiger partial charge in [0.05, 0.1) is 28.9 Å². The van der Waals surface area contributed by atoms with Crippen molar-refractivity contribution in [2.75, 3.05) is 12.0 Å². The first-order chi connectivity index (χ1) is 19.8. The van der Waals surface area contributed by atoms with Gasteiger partial charge in [0.2, 0.25) is 5.91 Å². The van der Waals surface area contributed by atoms with Gasteiger partial charge in [0.25, 0.3) is 0 Å². The minimum absolute atomic E-state index is 0.0351. The zero-order valence-corrected chi connectivity index (χ0v) is 23.8. The van der Waals surface area contributed by atoms with Crippen molar-refractivity contribution in [3.8, 4) is 11.1 Å². The summed E-state index contributed by atoms with van der Waals surface area (Å²) >= 11 is 0. The molecule has 2 saturated carbocycles. The molecule has 0 spiro atoms. The molecule has 7 rings (SSSR count). The summed E-state index contributed by atoms with van der Waals surface area (Å²) in [6, 6.07) is 7.78. The maximum absolute atomic E-state index is 14.4. The van der Waals surface area contributed by atoms with Gasteiger partial charge in [-0.15, -0.1) is 0 Å². The van der Waals surface area contributed by atoms with Crippen LogP contribution in [0.4, 0.5) is 14.5 Å². The number of hydrogen-bond acceptors (Lipinski definition) is 5. The van der Waals surface area contributed by atoms with Crippen LogP contribution >= 0.6 is 0 Å². The smallest absolute Gasteiger partial charge is 0.231 e. The maximum Gasteiger partial charge on any atom is 0.231 e. The number of benzene rings is 2. The molecule has 1 saturated heterocycles. The second kappa shape index (κ2) is 9.76. The molecule has 1 amide bonds. The Hall–Kier alpha value is -3.59. The Morgan fingerprint density at radius 1 is 1.00 bits per heavy atom. The average Bonchev–Trinajstić information content (AvgIpc) is 3.55. The molecule has 3 fully saturated rings. The number of piperidine rings is 1. The number of ether oxygens (including phenoxy) is 1. The van der Waals surface area contributed by atoms with Crippen LogP contribution in [0.25, 0.3) is 22.2 Å². The normalized spacial score (nSPS) is 26.0.